The van der Waals surface area contributed by atoms with Crippen molar-refractivity contribution in [3.05, 3.63) is 149 Å². The van der Waals surface area contributed by atoms with Gasteiger partial charge in [0.2, 0.25) is 0 Å². The normalized spacial score (nSPS) is 11.7. The van der Waals surface area contributed by atoms with E-state index in [4.69, 9.17) is 4.98 Å². The zero-order chi connectivity index (χ0) is 27.0. The fourth-order valence-corrected chi connectivity index (χ4v) is 5.66. The van der Waals surface area contributed by atoms with Crippen LogP contribution < -0.4 is 5.32 Å². The van der Waals surface area contributed by atoms with Gasteiger partial charge in [0.05, 0.1) is 11.2 Å². The Morgan fingerprint density at radius 1 is 0.821 bits per heavy atom. The molecule has 0 unspecified atom stereocenters. The molecule has 39 heavy (non-hydrogen) atoms. The van der Waals surface area contributed by atoms with Crippen molar-refractivity contribution in [1.82, 2.24) is 14.9 Å². The molecule has 0 radical (unpaired) electrons. The Bertz CT molecular complexity index is 1750. The molecule has 5 nitrogen and oxygen atoms in total. The van der Waals surface area contributed by atoms with Crippen LogP contribution in [0.25, 0.3) is 21.8 Å². The van der Waals surface area contributed by atoms with E-state index in [0.717, 1.165) is 33.1 Å². The van der Waals surface area contributed by atoms with Crippen LogP contribution in [-0.2, 0) is 19.2 Å². The van der Waals surface area contributed by atoms with Crippen LogP contribution in [0, 0.1) is 6.92 Å². The Labute approximate surface area is 227 Å². The fraction of sp³-hybridized carbons (Fsp3) is 0.118. The van der Waals surface area contributed by atoms with E-state index >= 15 is 0 Å². The third-order valence-corrected chi connectivity index (χ3v) is 7.47. The van der Waals surface area contributed by atoms with E-state index in [1.165, 1.54) is 0 Å². The van der Waals surface area contributed by atoms with Gasteiger partial charge in [0, 0.05) is 35.4 Å². The summed E-state index contributed by atoms with van der Waals surface area (Å²) >= 11 is 0. The zero-order valence-electron chi connectivity index (χ0n) is 21.9. The predicted molar refractivity (Wildman–Crippen MR) is 156 cm³/mol. The molecule has 5 heteroatoms. The number of aromatic nitrogens is 2. The number of pyridine rings is 1. The van der Waals surface area contributed by atoms with Crippen LogP contribution in [0.3, 0.4) is 0 Å². The number of carbonyl (C=O) groups is 1. The maximum atomic E-state index is 14.0. The molecular formula is C34H29N3O2. The lowest BCUT2D eigenvalue weighted by Crippen LogP contribution is -2.35. The lowest BCUT2D eigenvalue weighted by molar-refractivity contribution is 0.0923. The molecular weight excluding hydrogens is 482 g/mol. The average Bonchev–Trinajstić information content (AvgIpc) is 3.29. The standard InChI is InChI=1S/C34H29N3O2/c1-23-32-29(27-20-12-13-21-28(27)37(32)2)30(31(36-23)33(38)35-22-24-14-6-3-7-15-24)34(39,25-16-8-4-9-17-25)26-18-10-5-11-19-26/h3-21,39H,22H2,1-2H3,(H,35,38). The lowest BCUT2D eigenvalue weighted by atomic mass is 9.77. The van der Waals surface area contributed by atoms with Crippen LogP contribution >= 0.6 is 0 Å². The van der Waals surface area contributed by atoms with Crippen molar-refractivity contribution in [2.45, 2.75) is 19.1 Å². The van der Waals surface area contributed by atoms with Gasteiger partial charge in [0.25, 0.3) is 5.91 Å². The number of benzene rings is 4. The first-order valence-corrected chi connectivity index (χ1v) is 13.0. The van der Waals surface area contributed by atoms with Crippen molar-refractivity contribution in [3.63, 3.8) is 0 Å². The minimum Gasteiger partial charge on any atom is -0.376 e. The summed E-state index contributed by atoms with van der Waals surface area (Å²) in [6.07, 6.45) is 0. The van der Waals surface area contributed by atoms with Gasteiger partial charge < -0.3 is 15.0 Å². The zero-order valence-corrected chi connectivity index (χ0v) is 21.9. The number of nitrogens with zero attached hydrogens (tertiary/aromatic N) is 2. The van der Waals surface area contributed by atoms with Gasteiger partial charge in [0.1, 0.15) is 11.3 Å². The fourth-order valence-electron chi connectivity index (χ4n) is 5.66. The molecule has 0 fully saturated rings. The highest BCUT2D eigenvalue weighted by atomic mass is 16.3. The van der Waals surface area contributed by atoms with Crippen LogP contribution in [0.4, 0.5) is 0 Å². The lowest BCUT2D eigenvalue weighted by Gasteiger charge is -2.32. The van der Waals surface area contributed by atoms with Gasteiger partial charge in [-0.1, -0.05) is 109 Å². The summed E-state index contributed by atoms with van der Waals surface area (Å²) in [4.78, 5) is 18.9. The number of amides is 1. The molecule has 1 amide bonds. The SMILES string of the molecule is Cc1nc(C(=O)NCc2ccccc2)c(C(O)(c2ccccc2)c2ccccc2)c2c3ccccc3n(C)c12. The molecule has 0 saturated heterocycles. The van der Waals surface area contributed by atoms with E-state index in [9.17, 15) is 9.90 Å². The number of rotatable bonds is 6. The Balaban J connectivity index is 1.70. The van der Waals surface area contributed by atoms with Crippen LogP contribution in [0.5, 0.6) is 0 Å². The second-order valence-electron chi connectivity index (χ2n) is 9.83. The molecule has 0 atom stereocenters. The Morgan fingerprint density at radius 3 is 1.97 bits per heavy atom. The third kappa shape index (κ3) is 4.08. The minimum atomic E-state index is -1.65. The summed E-state index contributed by atoms with van der Waals surface area (Å²) < 4.78 is 2.10. The number of carbonyl (C=O) groups excluding carboxylic acids is 1. The van der Waals surface area contributed by atoms with Crippen LogP contribution in [0.1, 0.15) is 38.4 Å². The Hall–Kier alpha value is -4.74. The number of aliphatic hydroxyl groups is 1. The number of fused-ring (bicyclic) bond motifs is 3. The van der Waals surface area contributed by atoms with Crippen molar-refractivity contribution in [2.75, 3.05) is 0 Å². The molecule has 0 spiro atoms. The summed E-state index contributed by atoms with van der Waals surface area (Å²) in [5.74, 6) is -0.336. The monoisotopic (exact) mass is 511 g/mol. The molecule has 2 heterocycles. The van der Waals surface area contributed by atoms with E-state index in [1.54, 1.807) is 0 Å². The topological polar surface area (TPSA) is 67.2 Å². The van der Waals surface area contributed by atoms with Gasteiger partial charge in [-0.15, -0.1) is 0 Å². The predicted octanol–water partition coefficient (Wildman–Crippen LogP) is 6.25. The second kappa shape index (κ2) is 9.86. The number of para-hydroxylation sites is 1. The highest BCUT2D eigenvalue weighted by molar-refractivity contribution is 6.14. The van der Waals surface area contributed by atoms with E-state index in [-0.39, 0.29) is 11.6 Å². The molecule has 6 rings (SSSR count). The summed E-state index contributed by atoms with van der Waals surface area (Å²) in [5, 5.41) is 17.8. The van der Waals surface area contributed by atoms with Crippen LogP contribution in [-0.4, -0.2) is 20.6 Å². The quantitative estimate of drug-likeness (QED) is 0.278. The van der Waals surface area contributed by atoms with E-state index in [2.05, 4.69) is 16.0 Å². The highest BCUT2D eigenvalue weighted by Gasteiger charge is 2.41. The van der Waals surface area contributed by atoms with Crippen molar-refractivity contribution in [1.29, 1.82) is 0 Å². The van der Waals surface area contributed by atoms with Gasteiger partial charge >= 0.3 is 0 Å². The van der Waals surface area contributed by atoms with Crippen molar-refractivity contribution in [3.8, 4) is 0 Å². The molecule has 0 bridgehead atoms. The van der Waals surface area contributed by atoms with E-state index in [1.807, 2.05) is 123 Å². The highest BCUT2D eigenvalue weighted by Crippen LogP contribution is 2.45. The first kappa shape index (κ1) is 24.6. The maximum Gasteiger partial charge on any atom is 0.270 e. The number of hydrogen-bond acceptors (Lipinski definition) is 3. The second-order valence-corrected chi connectivity index (χ2v) is 9.83. The maximum absolute atomic E-state index is 14.0. The molecule has 0 aliphatic carbocycles. The van der Waals surface area contributed by atoms with Gasteiger partial charge in [0.15, 0.2) is 0 Å². The van der Waals surface area contributed by atoms with Gasteiger partial charge in [-0.25, -0.2) is 4.98 Å². The minimum absolute atomic E-state index is 0.211. The molecule has 192 valence electrons. The van der Waals surface area contributed by atoms with E-state index in [0.29, 0.717) is 23.2 Å². The largest absolute Gasteiger partial charge is 0.376 e. The van der Waals surface area contributed by atoms with Crippen molar-refractivity contribution < 1.29 is 9.90 Å². The molecule has 2 aromatic heterocycles. The van der Waals surface area contributed by atoms with Gasteiger partial charge in [-0.2, -0.15) is 0 Å². The number of aryl methyl sites for hydroxylation is 2. The molecule has 0 aliphatic heterocycles. The van der Waals surface area contributed by atoms with Crippen molar-refractivity contribution in [2.24, 2.45) is 7.05 Å². The summed E-state index contributed by atoms with van der Waals surface area (Å²) in [7, 11) is 2.00. The average molecular weight is 512 g/mol. The van der Waals surface area contributed by atoms with Crippen LogP contribution in [0.2, 0.25) is 0 Å². The third-order valence-electron chi connectivity index (χ3n) is 7.47. The molecule has 4 aromatic carbocycles. The summed E-state index contributed by atoms with van der Waals surface area (Å²) in [6.45, 7) is 2.27. The van der Waals surface area contributed by atoms with Gasteiger partial charge in [-0.3, -0.25) is 4.79 Å². The molecule has 6 aromatic rings. The van der Waals surface area contributed by atoms with Crippen molar-refractivity contribution >= 4 is 27.7 Å². The first-order valence-electron chi connectivity index (χ1n) is 13.0. The van der Waals surface area contributed by atoms with Crippen LogP contribution in [0.15, 0.2) is 115 Å². The van der Waals surface area contributed by atoms with Gasteiger partial charge in [-0.05, 0) is 29.7 Å². The summed E-state index contributed by atoms with van der Waals surface area (Å²) in [5.41, 5.74) is 3.95. The number of nitrogens with one attached hydrogen (secondary N) is 1. The molecule has 2 N–H and O–H groups in total. The van der Waals surface area contributed by atoms with E-state index < -0.39 is 5.60 Å². The molecule has 0 saturated carbocycles. The Kier molecular flexibility index (Phi) is 6.21. The smallest absolute Gasteiger partial charge is 0.270 e. The first-order chi connectivity index (χ1) is 19.0. The summed E-state index contributed by atoms with van der Waals surface area (Å²) in [6, 6.07) is 36.9. The Morgan fingerprint density at radius 2 is 1.36 bits per heavy atom. The molecule has 0 aliphatic rings. The number of hydrogen-bond donors (Lipinski definition) is 2.